The number of hydrogen-bond acceptors (Lipinski definition) is 3. The third kappa shape index (κ3) is 4.58. The lowest BCUT2D eigenvalue weighted by Crippen LogP contribution is -3.19. The number of hydrogen-bond donors (Lipinski definition) is 2. The summed E-state index contributed by atoms with van der Waals surface area (Å²) in [6.07, 6.45) is -0.313. The zero-order valence-corrected chi connectivity index (χ0v) is 14.5. The lowest BCUT2D eigenvalue weighted by atomic mass is 10.2. The van der Waals surface area contributed by atoms with E-state index in [-0.39, 0.29) is 23.1 Å². The van der Waals surface area contributed by atoms with Crippen LogP contribution in [0.1, 0.15) is 13.8 Å². The van der Waals surface area contributed by atoms with Gasteiger partial charge in [0.25, 0.3) is 5.91 Å². The normalized spacial score (nSPS) is 16.6. The second-order valence-corrected chi connectivity index (χ2v) is 6.09. The lowest BCUT2D eigenvalue weighted by Gasteiger charge is -2.34. The summed E-state index contributed by atoms with van der Waals surface area (Å²) in [6.45, 7) is 6.35. The number of anilines is 1. The van der Waals surface area contributed by atoms with Crippen molar-refractivity contribution in [3.8, 4) is 0 Å². The first-order valence-corrected chi connectivity index (χ1v) is 8.32. The van der Waals surface area contributed by atoms with E-state index in [1.807, 2.05) is 6.92 Å². The van der Waals surface area contributed by atoms with E-state index < -0.39 is 5.82 Å². The summed E-state index contributed by atoms with van der Waals surface area (Å²) in [4.78, 5) is 26.8. The van der Waals surface area contributed by atoms with Crippen molar-refractivity contribution in [1.29, 1.82) is 0 Å². The Kier molecular flexibility index (Phi) is 6.39. The number of carbonyl (C=O) groups excluding carboxylic acids is 2. The van der Waals surface area contributed by atoms with E-state index in [2.05, 4.69) is 5.32 Å². The number of ether oxygens (including phenoxy) is 1. The Bertz CT molecular complexity index is 606. The quantitative estimate of drug-likeness (QED) is 0.849. The summed E-state index contributed by atoms with van der Waals surface area (Å²) in [6, 6.07) is 3.54. The van der Waals surface area contributed by atoms with Gasteiger partial charge in [0.05, 0.1) is 43.5 Å². The van der Waals surface area contributed by atoms with Gasteiger partial charge in [-0.2, -0.15) is 0 Å². The van der Waals surface area contributed by atoms with Gasteiger partial charge in [0.2, 0.25) is 0 Å². The first-order chi connectivity index (χ1) is 11.4. The average Bonchev–Trinajstić information content (AvgIpc) is 2.57. The number of quaternary nitrogens is 1. The Morgan fingerprint density at radius 2 is 2.08 bits per heavy atom. The van der Waals surface area contributed by atoms with Crippen LogP contribution in [0.5, 0.6) is 0 Å². The summed E-state index contributed by atoms with van der Waals surface area (Å²) in [5.41, 5.74) is 0.388. The van der Waals surface area contributed by atoms with E-state index in [1.54, 1.807) is 11.8 Å². The molecular formula is C16H22ClFN3O3+. The number of piperazine rings is 1. The Labute approximate surface area is 145 Å². The molecule has 132 valence electrons. The molecule has 0 spiro atoms. The minimum absolute atomic E-state index is 0.165. The van der Waals surface area contributed by atoms with Crippen LogP contribution in [0.25, 0.3) is 0 Å². The molecule has 0 bridgehead atoms. The van der Waals surface area contributed by atoms with Crippen LogP contribution in [0.3, 0.4) is 0 Å². The third-order valence-electron chi connectivity index (χ3n) is 4.13. The SMILES string of the molecule is CCOC(=O)N1CC[NH+]([C@H](C)C(=O)Nc2ccc(F)cc2Cl)CC1. The highest BCUT2D eigenvalue weighted by Crippen LogP contribution is 2.22. The van der Waals surface area contributed by atoms with Gasteiger partial charge in [-0.1, -0.05) is 11.6 Å². The molecule has 0 unspecified atom stereocenters. The molecule has 24 heavy (non-hydrogen) atoms. The zero-order chi connectivity index (χ0) is 17.7. The second-order valence-electron chi connectivity index (χ2n) is 5.68. The molecule has 8 heteroatoms. The molecule has 1 fully saturated rings. The van der Waals surface area contributed by atoms with E-state index >= 15 is 0 Å². The molecule has 1 atom stereocenters. The minimum Gasteiger partial charge on any atom is -0.450 e. The van der Waals surface area contributed by atoms with Gasteiger partial charge in [-0.05, 0) is 32.0 Å². The number of carbonyl (C=O) groups is 2. The van der Waals surface area contributed by atoms with Crippen LogP contribution in [-0.4, -0.2) is 55.7 Å². The first-order valence-electron chi connectivity index (χ1n) is 7.94. The van der Waals surface area contributed by atoms with Crippen molar-refractivity contribution in [3.05, 3.63) is 29.0 Å². The van der Waals surface area contributed by atoms with Crippen molar-refractivity contribution in [1.82, 2.24) is 4.90 Å². The largest absolute Gasteiger partial charge is 0.450 e. The van der Waals surface area contributed by atoms with E-state index in [4.69, 9.17) is 16.3 Å². The van der Waals surface area contributed by atoms with Crippen LogP contribution in [0, 0.1) is 5.82 Å². The molecule has 2 rings (SSSR count). The van der Waals surface area contributed by atoms with Crippen LogP contribution in [0.4, 0.5) is 14.9 Å². The average molecular weight is 359 g/mol. The number of amides is 2. The molecule has 1 aliphatic rings. The fourth-order valence-corrected chi connectivity index (χ4v) is 2.86. The van der Waals surface area contributed by atoms with Gasteiger partial charge in [-0.3, -0.25) is 9.69 Å². The van der Waals surface area contributed by atoms with Crippen molar-refractivity contribution in [2.45, 2.75) is 19.9 Å². The second kappa shape index (κ2) is 8.30. The number of benzene rings is 1. The van der Waals surface area contributed by atoms with Crippen molar-refractivity contribution in [2.24, 2.45) is 0 Å². The first kappa shape index (κ1) is 18.5. The molecule has 1 heterocycles. The predicted octanol–water partition coefficient (Wildman–Crippen LogP) is 1.16. The van der Waals surface area contributed by atoms with E-state index in [1.165, 1.54) is 12.1 Å². The number of nitrogens with one attached hydrogen (secondary N) is 2. The van der Waals surface area contributed by atoms with Crippen molar-refractivity contribution in [3.63, 3.8) is 0 Å². The van der Waals surface area contributed by atoms with Crippen LogP contribution in [0.15, 0.2) is 18.2 Å². The Morgan fingerprint density at radius 3 is 2.67 bits per heavy atom. The van der Waals surface area contributed by atoms with Crippen molar-refractivity contribution >= 4 is 29.3 Å². The summed E-state index contributed by atoms with van der Waals surface area (Å²) in [5, 5.41) is 2.89. The van der Waals surface area contributed by atoms with Gasteiger partial charge in [-0.15, -0.1) is 0 Å². The molecule has 1 aromatic carbocycles. The maximum Gasteiger partial charge on any atom is 0.410 e. The molecule has 2 amide bonds. The van der Waals surface area contributed by atoms with E-state index in [0.717, 1.165) is 11.0 Å². The highest BCUT2D eigenvalue weighted by atomic mass is 35.5. The van der Waals surface area contributed by atoms with E-state index in [0.29, 0.717) is 38.5 Å². The Morgan fingerprint density at radius 1 is 1.42 bits per heavy atom. The number of rotatable bonds is 4. The monoisotopic (exact) mass is 358 g/mol. The molecule has 0 aromatic heterocycles. The van der Waals surface area contributed by atoms with Gasteiger partial charge in [0, 0.05) is 0 Å². The zero-order valence-electron chi connectivity index (χ0n) is 13.8. The number of halogens is 2. The summed E-state index contributed by atoms with van der Waals surface area (Å²) in [5.74, 6) is -0.644. The van der Waals surface area contributed by atoms with Gasteiger partial charge in [0.15, 0.2) is 6.04 Å². The summed E-state index contributed by atoms with van der Waals surface area (Å²) < 4.78 is 18.0. The van der Waals surface area contributed by atoms with Gasteiger partial charge in [-0.25, -0.2) is 9.18 Å². The fraction of sp³-hybridized carbons (Fsp3) is 0.500. The molecule has 1 aliphatic heterocycles. The van der Waals surface area contributed by atoms with Crippen molar-refractivity contribution in [2.75, 3.05) is 38.1 Å². The summed E-state index contributed by atoms with van der Waals surface area (Å²) >= 11 is 5.93. The van der Waals surface area contributed by atoms with Crippen LogP contribution in [-0.2, 0) is 9.53 Å². The molecule has 0 saturated carbocycles. The van der Waals surface area contributed by atoms with E-state index in [9.17, 15) is 14.0 Å². The standard InChI is InChI=1S/C16H21ClFN3O3/c1-3-24-16(23)21-8-6-20(7-9-21)11(2)15(22)19-14-5-4-12(18)10-13(14)17/h4-5,10-11H,3,6-9H2,1-2H3,(H,19,22)/p+1/t11-/m1/s1. The smallest absolute Gasteiger partial charge is 0.410 e. The highest BCUT2D eigenvalue weighted by Gasteiger charge is 2.31. The van der Waals surface area contributed by atoms with Gasteiger partial charge >= 0.3 is 6.09 Å². The molecule has 0 aliphatic carbocycles. The molecule has 0 radical (unpaired) electrons. The maximum absolute atomic E-state index is 13.0. The lowest BCUT2D eigenvalue weighted by molar-refractivity contribution is -0.917. The van der Waals surface area contributed by atoms with Gasteiger partial charge in [0.1, 0.15) is 5.82 Å². The Hall–Kier alpha value is -1.86. The van der Waals surface area contributed by atoms with Crippen LogP contribution >= 0.6 is 11.6 Å². The number of nitrogens with zero attached hydrogens (tertiary/aromatic N) is 1. The fourth-order valence-electron chi connectivity index (χ4n) is 2.64. The minimum atomic E-state index is -0.452. The van der Waals surface area contributed by atoms with Crippen LogP contribution < -0.4 is 10.2 Å². The molecule has 1 aromatic rings. The molecular weight excluding hydrogens is 337 g/mol. The third-order valence-corrected chi connectivity index (χ3v) is 4.44. The molecule has 1 saturated heterocycles. The van der Waals surface area contributed by atoms with Gasteiger partial charge < -0.3 is 15.0 Å². The topological polar surface area (TPSA) is 63.1 Å². The van der Waals surface area contributed by atoms with Crippen LogP contribution in [0.2, 0.25) is 5.02 Å². The predicted molar refractivity (Wildman–Crippen MR) is 88.8 cm³/mol. The van der Waals surface area contributed by atoms with Crippen molar-refractivity contribution < 1.29 is 23.6 Å². The summed E-state index contributed by atoms with van der Waals surface area (Å²) in [7, 11) is 0. The highest BCUT2D eigenvalue weighted by molar-refractivity contribution is 6.33. The molecule has 2 N–H and O–H groups in total. The molecule has 6 nitrogen and oxygen atoms in total. The maximum atomic E-state index is 13.0. The Balaban J connectivity index is 1.89.